The molecule has 1 aromatic heterocycles. The van der Waals surface area contributed by atoms with Crippen LogP contribution < -0.4 is 20.1 Å². The van der Waals surface area contributed by atoms with Gasteiger partial charge in [0.1, 0.15) is 16.4 Å². The fourth-order valence-electron chi connectivity index (χ4n) is 2.47. The molecule has 0 radical (unpaired) electrons. The number of thiocarbonyl (C=S) groups is 1. The number of halogens is 1. The van der Waals surface area contributed by atoms with Crippen LogP contribution in [0.3, 0.4) is 0 Å². The molecule has 0 aliphatic rings. The lowest BCUT2D eigenvalue weighted by Crippen LogP contribution is -2.33. The molecule has 2 N–H and O–H groups in total. The van der Waals surface area contributed by atoms with Crippen LogP contribution in [0.4, 0.5) is 5.69 Å². The Kier molecular flexibility index (Phi) is 6.15. The zero-order valence-electron chi connectivity index (χ0n) is 14.7. The lowest BCUT2D eigenvalue weighted by molar-refractivity contribution is 0.0982. The largest absolute Gasteiger partial charge is 0.497 e. The van der Waals surface area contributed by atoms with E-state index in [1.807, 2.05) is 37.3 Å². The molecule has 1 heterocycles. The van der Waals surface area contributed by atoms with Crippen molar-refractivity contribution in [2.75, 3.05) is 19.0 Å². The molecule has 3 aromatic rings. The maximum Gasteiger partial charge on any atom is 0.269 e. The van der Waals surface area contributed by atoms with Crippen molar-refractivity contribution in [3.05, 3.63) is 52.4 Å². The summed E-state index contributed by atoms with van der Waals surface area (Å²) < 4.78 is 11.5. The van der Waals surface area contributed by atoms with E-state index in [0.29, 0.717) is 22.3 Å². The third-order valence-electron chi connectivity index (χ3n) is 3.67. The van der Waals surface area contributed by atoms with Gasteiger partial charge >= 0.3 is 0 Å². The van der Waals surface area contributed by atoms with E-state index in [4.69, 9.17) is 33.3 Å². The minimum Gasteiger partial charge on any atom is -0.497 e. The van der Waals surface area contributed by atoms with Crippen molar-refractivity contribution in [3.8, 4) is 11.5 Å². The van der Waals surface area contributed by atoms with E-state index >= 15 is 0 Å². The number of anilines is 1. The summed E-state index contributed by atoms with van der Waals surface area (Å²) in [6.07, 6.45) is 0. The number of carbonyl (C=O) groups excluding carboxylic acids is 1. The Morgan fingerprint density at radius 2 is 2.04 bits per heavy atom. The number of hydrogen-bond acceptors (Lipinski definition) is 5. The van der Waals surface area contributed by atoms with Crippen LogP contribution in [0, 0.1) is 0 Å². The smallest absolute Gasteiger partial charge is 0.269 e. The van der Waals surface area contributed by atoms with E-state index in [9.17, 15) is 4.79 Å². The molecule has 3 rings (SSSR count). The molecular weight excluding hydrogens is 404 g/mol. The number of carbonyl (C=O) groups is 1. The molecule has 0 fully saturated rings. The van der Waals surface area contributed by atoms with Gasteiger partial charge in [-0.25, -0.2) is 0 Å². The number of hydrogen-bond donors (Lipinski definition) is 2. The van der Waals surface area contributed by atoms with E-state index < -0.39 is 0 Å². The predicted molar refractivity (Wildman–Crippen MR) is 115 cm³/mol. The van der Waals surface area contributed by atoms with Crippen LogP contribution in [0.1, 0.15) is 16.6 Å². The molecule has 27 heavy (non-hydrogen) atoms. The van der Waals surface area contributed by atoms with Crippen molar-refractivity contribution >= 4 is 61.9 Å². The number of amides is 1. The Morgan fingerprint density at radius 3 is 2.78 bits per heavy atom. The lowest BCUT2D eigenvalue weighted by atomic mass is 10.2. The Bertz CT molecular complexity index is 1000. The molecule has 0 aliphatic heterocycles. The van der Waals surface area contributed by atoms with Crippen molar-refractivity contribution in [1.82, 2.24) is 5.32 Å². The summed E-state index contributed by atoms with van der Waals surface area (Å²) in [5.41, 5.74) is 0.721. The Labute approximate surface area is 171 Å². The first-order valence-electron chi connectivity index (χ1n) is 8.13. The highest BCUT2D eigenvalue weighted by Gasteiger charge is 2.18. The van der Waals surface area contributed by atoms with Crippen LogP contribution in [-0.4, -0.2) is 24.7 Å². The Morgan fingerprint density at radius 1 is 1.22 bits per heavy atom. The molecule has 140 valence electrons. The fourth-order valence-corrected chi connectivity index (χ4v) is 4.12. The minimum atomic E-state index is -0.362. The number of nitrogens with one attached hydrogen (secondary N) is 2. The van der Waals surface area contributed by atoms with Gasteiger partial charge in [-0.3, -0.25) is 10.1 Å². The highest BCUT2D eigenvalue weighted by Crippen LogP contribution is 2.37. The number of ether oxygens (including phenoxy) is 2. The third kappa shape index (κ3) is 4.50. The van der Waals surface area contributed by atoms with Gasteiger partial charge in [-0.2, -0.15) is 0 Å². The Hall–Kier alpha value is -2.35. The number of methoxy groups -OCH3 is 1. The van der Waals surface area contributed by atoms with Gasteiger partial charge in [0.25, 0.3) is 5.91 Å². The van der Waals surface area contributed by atoms with Gasteiger partial charge in [0, 0.05) is 21.8 Å². The fraction of sp³-hybridized carbons (Fsp3) is 0.158. The number of rotatable bonds is 5. The highest BCUT2D eigenvalue weighted by atomic mass is 35.5. The average molecular weight is 421 g/mol. The third-order valence-corrected chi connectivity index (χ3v) is 5.53. The molecule has 0 saturated carbocycles. The molecule has 0 unspecified atom stereocenters. The SMILES string of the molecule is CCOc1cccc(NC(=S)NC(=O)c2sc3cc(OC)ccc3c2Cl)c1. The van der Waals surface area contributed by atoms with E-state index in [1.54, 1.807) is 19.2 Å². The second-order valence-corrected chi connectivity index (χ2v) is 7.31. The number of benzene rings is 2. The molecule has 2 aromatic carbocycles. The van der Waals surface area contributed by atoms with E-state index in [2.05, 4.69) is 10.6 Å². The first-order chi connectivity index (χ1) is 13.0. The monoisotopic (exact) mass is 420 g/mol. The van der Waals surface area contributed by atoms with Crippen molar-refractivity contribution in [2.24, 2.45) is 0 Å². The van der Waals surface area contributed by atoms with Crippen LogP contribution >= 0.6 is 35.2 Å². The predicted octanol–water partition coefficient (Wildman–Crippen LogP) is 5.09. The van der Waals surface area contributed by atoms with Crippen LogP contribution in [0.5, 0.6) is 11.5 Å². The molecule has 0 saturated heterocycles. The zero-order valence-corrected chi connectivity index (χ0v) is 17.1. The molecule has 5 nitrogen and oxygen atoms in total. The van der Waals surface area contributed by atoms with Gasteiger partial charge in [-0.15, -0.1) is 11.3 Å². The van der Waals surface area contributed by atoms with E-state index in [-0.39, 0.29) is 11.0 Å². The highest BCUT2D eigenvalue weighted by molar-refractivity contribution is 7.80. The van der Waals surface area contributed by atoms with Crippen molar-refractivity contribution < 1.29 is 14.3 Å². The number of thiophene rings is 1. The van der Waals surface area contributed by atoms with Gasteiger partial charge in [0.15, 0.2) is 5.11 Å². The summed E-state index contributed by atoms with van der Waals surface area (Å²) in [6, 6.07) is 12.8. The molecule has 0 bridgehead atoms. The van der Waals surface area contributed by atoms with Gasteiger partial charge in [-0.05, 0) is 49.5 Å². The quantitative estimate of drug-likeness (QED) is 0.563. The maximum atomic E-state index is 12.6. The molecule has 0 spiro atoms. The second kappa shape index (κ2) is 8.56. The van der Waals surface area contributed by atoms with Gasteiger partial charge in [0.2, 0.25) is 0 Å². The minimum absolute atomic E-state index is 0.180. The average Bonchev–Trinajstić information content (AvgIpc) is 2.98. The van der Waals surface area contributed by atoms with Crippen LogP contribution in [0.2, 0.25) is 5.02 Å². The summed E-state index contributed by atoms with van der Waals surface area (Å²) >= 11 is 12.9. The molecular formula is C19H17ClN2O3S2. The van der Waals surface area contributed by atoms with Crippen LogP contribution in [0.15, 0.2) is 42.5 Å². The van der Waals surface area contributed by atoms with Crippen molar-refractivity contribution in [2.45, 2.75) is 6.92 Å². The molecule has 1 amide bonds. The van der Waals surface area contributed by atoms with Gasteiger partial charge in [0.05, 0.1) is 18.7 Å². The van der Waals surface area contributed by atoms with E-state index in [1.165, 1.54) is 11.3 Å². The summed E-state index contributed by atoms with van der Waals surface area (Å²) in [7, 11) is 1.59. The first kappa shape index (κ1) is 19.4. The van der Waals surface area contributed by atoms with Crippen molar-refractivity contribution in [3.63, 3.8) is 0 Å². The topological polar surface area (TPSA) is 59.6 Å². The van der Waals surface area contributed by atoms with E-state index in [0.717, 1.165) is 21.5 Å². The normalized spacial score (nSPS) is 10.5. The Balaban J connectivity index is 1.73. The summed E-state index contributed by atoms with van der Waals surface area (Å²) in [5.74, 6) is 1.07. The number of fused-ring (bicyclic) bond motifs is 1. The molecule has 8 heteroatoms. The standard InChI is InChI=1S/C19H17ClN2O3S2/c1-3-25-13-6-4-5-11(9-13)21-19(26)22-18(23)17-16(20)14-8-7-12(24-2)10-15(14)27-17/h4-10H,3H2,1-2H3,(H2,21,22,23,26). The summed E-state index contributed by atoms with van der Waals surface area (Å²) in [5, 5.41) is 7.02. The van der Waals surface area contributed by atoms with Crippen molar-refractivity contribution in [1.29, 1.82) is 0 Å². The maximum absolute atomic E-state index is 12.6. The summed E-state index contributed by atoms with van der Waals surface area (Å²) in [4.78, 5) is 13.0. The van der Waals surface area contributed by atoms with Crippen LogP contribution in [-0.2, 0) is 0 Å². The van der Waals surface area contributed by atoms with Crippen LogP contribution in [0.25, 0.3) is 10.1 Å². The molecule has 0 aliphatic carbocycles. The first-order valence-corrected chi connectivity index (χ1v) is 9.73. The molecule has 0 atom stereocenters. The lowest BCUT2D eigenvalue weighted by Gasteiger charge is -2.10. The zero-order chi connectivity index (χ0) is 19.4. The second-order valence-electron chi connectivity index (χ2n) is 5.48. The van der Waals surface area contributed by atoms with Gasteiger partial charge in [-0.1, -0.05) is 17.7 Å². The van der Waals surface area contributed by atoms with Gasteiger partial charge < -0.3 is 14.8 Å². The summed E-state index contributed by atoms with van der Waals surface area (Å²) in [6.45, 7) is 2.48.